The highest BCUT2D eigenvalue weighted by Gasteiger charge is 2.56. The van der Waals surface area contributed by atoms with E-state index in [0.717, 1.165) is 11.1 Å². The first-order valence-corrected chi connectivity index (χ1v) is 13.1. The number of ether oxygens (including phenoxy) is 1. The molecule has 42 heavy (non-hydrogen) atoms. The number of benzene rings is 3. The quantitative estimate of drug-likeness (QED) is 0.184. The van der Waals surface area contributed by atoms with E-state index in [0.29, 0.717) is 23.4 Å². The first kappa shape index (κ1) is 30.6. The fourth-order valence-electron chi connectivity index (χ4n) is 4.55. The van der Waals surface area contributed by atoms with Crippen LogP contribution >= 0.6 is 0 Å². The average Bonchev–Trinajstić information content (AvgIpc) is 3.04. The summed E-state index contributed by atoms with van der Waals surface area (Å²) in [5.74, 6) is -7.44. The van der Waals surface area contributed by atoms with Gasteiger partial charge in [-0.3, -0.25) is 14.4 Å². The predicted molar refractivity (Wildman–Crippen MR) is 144 cm³/mol. The maximum Gasteiger partial charge on any atom is 0.453 e. The van der Waals surface area contributed by atoms with Crippen molar-refractivity contribution in [1.29, 1.82) is 0 Å². The van der Waals surface area contributed by atoms with Crippen LogP contribution in [0.15, 0.2) is 78.9 Å². The van der Waals surface area contributed by atoms with Gasteiger partial charge in [0.25, 0.3) is 5.91 Å². The Morgan fingerprint density at radius 2 is 1.48 bits per heavy atom. The molecule has 1 aliphatic heterocycles. The second kappa shape index (κ2) is 13.1. The molecule has 3 aromatic carbocycles. The zero-order valence-electron chi connectivity index (χ0n) is 22.3. The molecule has 3 amide bonds. The van der Waals surface area contributed by atoms with Gasteiger partial charge in [-0.1, -0.05) is 72.8 Å². The van der Waals surface area contributed by atoms with Gasteiger partial charge in [-0.2, -0.15) is 22.0 Å². The summed E-state index contributed by atoms with van der Waals surface area (Å²) in [6.45, 7) is -0.335. The van der Waals surface area contributed by atoms with Crippen LogP contribution in [0.25, 0.3) is 11.1 Å². The van der Waals surface area contributed by atoms with Crippen molar-refractivity contribution in [1.82, 2.24) is 10.6 Å². The van der Waals surface area contributed by atoms with Crippen molar-refractivity contribution in [3.8, 4) is 11.1 Å². The van der Waals surface area contributed by atoms with Gasteiger partial charge in [0.05, 0.1) is 18.9 Å². The van der Waals surface area contributed by atoms with E-state index < -0.39 is 55.2 Å². The van der Waals surface area contributed by atoms with Crippen molar-refractivity contribution < 1.29 is 41.1 Å². The first-order chi connectivity index (χ1) is 20.0. The Morgan fingerprint density at radius 3 is 2.19 bits per heavy atom. The molecule has 2 N–H and O–H groups in total. The van der Waals surface area contributed by atoms with E-state index in [1.54, 1.807) is 36.4 Å². The fourth-order valence-corrected chi connectivity index (χ4v) is 4.55. The molecule has 1 atom stereocenters. The molecule has 0 bridgehead atoms. The molecule has 222 valence electrons. The van der Waals surface area contributed by atoms with Crippen LogP contribution in [0.2, 0.25) is 0 Å². The molecule has 12 heteroatoms. The molecule has 0 fully saturated rings. The van der Waals surface area contributed by atoms with Gasteiger partial charge in [0.1, 0.15) is 12.5 Å². The molecule has 3 aromatic rings. The third-order valence-corrected chi connectivity index (χ3v) is 6.64. The molecule has 0 aliphatic carbocycles. The summed E-state index contributed by atoms with van der Waals surface area (Å²) in [5.41, 5.74) is 3.44. The molecule has 0 saturated heterocycles. The Balaban J connectivity index is 1.47. The molecule has 0 spiro atoms. The van der Waals surface area contributed by atoms with Crippen LogP contribution in [0, 0.1) is 0 Å². The van der Waals surface area contributed by atoms with Crippen LogP contribution in [0.4, 0.5) is 27.6 Å². The number of rotatable bonds is 11. The molecule has 4 rings (SSSR count). The number of anilines is 1. The minimum atomic E-state index is -5.75. The van der Waals surface area contributed by atoms with Crippen LogP contribution in [-0.4, -0.2) is 49.5 Å². The van der Waals surface area contributed by atoms with Crippen molar-refractivity contribution in [2.45, 2.75) is 37.6 Å². The molecule has 7 nitrogen and oxygen atoms in total. The molecule has 1 heterocycles. The second-order valence-electron chi connectivity index (χ2n) is 9.61. The van der Waals surface area contributed by atoms with Gasteiger partial charge in [0.2, 0.25) is 11.8 Å². The molecule has 0 radical (unpaired) electrons. The largest absolute Gasteiger partial charge is 0.453 e. The van der Waals surface area contributed by atoms with Crippen molar-refractivity contribution in [2.75, 3.05) is 24.6 Å². The third-order valence-electron chi connectivity index (χ3n) is 6.64. The van der Waals surface area contributed by atoms with Gasteiger partial charge in [-0.25, -0.2) is 0 Å². The van der Waals surface area contributed by atoms with E-state index in [1.165, 1.54) is 4.90 Å². The van der Waals surface area contributed by atoms with Crippen LogP contribution < -0.4 is 15.5 Å². The lowest BCUT2D eigenvalue weighted by Crippen LogP contribution is -2.45. The summed E-state index contributed by atoms with van der Waals surface area (Å²) in [5, 5.41) is 4.45. The normalized spacial score (nSPS) is 14.9. The number of para-hydroxylation sites is 1. The molecule has 0 aromatic heterocycles. The molecule has 1 aliphatic rings. The number of carbonyl (C=O) groups excluding carboxylic acids is 3. The molecule has 0 saturated carbocycles. The monoisotopic (exact) mass is 589 g/mol. The highest BCUT2D eigenvalue weighted by atomic mass is 19.4. The van der Waals surface area contributed by atoms with E-state index >= 15 is 0 Å². The van der Waals surface area contributed by atoms with Crippen molar-refractivity contribution >= 4 is 23.4 Å². The number of hydrogen-bond donors (Lipinski definition) is 2. The summed E-state index contributed by atoms with van der Waals surface area (Å²) in [6, 6.07) is 22.4. The van der Waals surface area contributed by atoms with E-state index in [9.17, 15) is 36.3 Å². The number of carbonyl (C=O) groups is 3. The zero-order valence-corrected chi connectivity index (χ0v) is 22.3. The molecular formula is C30H28F5N3O4. The van der Waals surface area contributed by atoms with Crippen LogP contribution in [-0.2, 0) is 25.7 Å². The number of nitrogens with one attached hydrogen (secondary N) is 2. The van der Waals surface area contributed by atoms with Crippen molar-refractivity contribution in [2.24, 2.45) is 0 Å². The van der Waals surface area contributed by atoms with E-state index in [-0.39, 0.29) is 13.2 Å². The summed E-state index contributed by atoms with van der Waals surface area (Å²) in [4.78, 5) is 40.3. The first-order valence-electron chi connectivity index (χ1n) is 13.1. The predicted octanol–water partition coefficient (Wildman–Crippen LogP) is 5.17. The fraction of sp³-hybridized carbons (Fsp3) is 0.300. The Bertz CT molecular complexity index is 1420. The zero-order chi connectivity index (χ0) is 30.3. The van der Waals surface area contributed by atoms with Crippen LogP contribution in [0.1, 0.15) is 30.0 Å². The number of fused-ring (bicyclic) bond motifs is 3. The van der Waals surface area contributed by atoms with Gasteiger partial charge in [-0.05, 0) is 22.8 Å². The van der Waals surface area contributed by atoms with Crippen molar-refractivity contribution in [3.05, 3.63) is 90.0 Å². The number of hydrogen-bond acceptors (Lipinski definition) is 4. The van der Waals surface area contributed by atoms with Crippen molar-refractivity contribution in [3.63, 3.8) is 0 Å². The minimum absolute atomic E-state index is 0.150. The van der Waals surface area contributed by atoms with Gasteiger partial charge in [-0.15, -0.1) is 0 Å². The van der Waals surface area contributed by atoms with E-state index in [1.807, 2.05) is 47.8 Å². The summed E-state index contributed by atoms with van der Waals surface area (Å²) in [6.07, 6.45) is -8.30. The van der Waals surface area contributed by atoms with Gasteiger partial charge < -0.3 is 20.3 Å². The summed E-state index contributed by atoms with van der Waals surface area (Å²) in [7, 11) is 0. The van der Waals surface area contributed by atoms with Gasteiger partial charge in [0.15, 0.2) is 0 Å². The lowest BCUT2D eigenvalue weighted by Gasteiger charge is -2.26. The standard InChI is InChI=1S/C30H28F5N3O4/c31-29(32,30(33,34)35)14-15-36-25(39)18-26(40)37-27-23-12-5-4-10-21(23)22-11-6-7-13-24(22)38(28(27)41)16-17-42-19-20-8-2-1-3-9-20/h1-13,27H,14-19H2,(H,36,39)(H,37,40)/t27-/m0/s1. The van der Waals surface area contributed by atoms with Gasteiger partial charge >= 0.3 is 12.1 Å². The van der Waals surface area contributed by atoms with Crippen LogP contribution in [0.3, 0.4) is 0 Å². The molecule has 0 unspecified atom stereocenters. The Hall–Kier alpha value is -4.32. The number of amides is 3. The Labute approximate surface area is 238 Å². The highest BCUT2D eigenvalue weighted by Crippen LogP contribution is 2.40. The lowest BCUT2D eigenvalue weighted by atomic mass is 9.95. The summed E-state index contributed by atoms with van der Waals surface area (Å²) < 4.78 is 69.1. The topological polar surface area (TPSA) is 87.7 Å². The minimum Gasteiger partial charge on any atom is -0.375 e. The smallest absolute Gasteiger partial charge is 0.375 e. The second-order valence-corrected chi connectivity index (χ2v) is 9.61. The maximum atomic E-state index is 13.9. The number of nitrogens with zero attached hydrogens (tertiary/aromatic N) is 1. The Morgan fingerprint density at radius 1 is 0.833 bits per heavy atom. The SMILES string of the molecule is O=C(CC(=O)N[C@@H]1C(=O)N(CCOCc2ccccc2)c2ccccc2-c2ccccc21)NCCC(F)(F)C(F)(F)F. The van der Waals surface area contributed by atoms with Crippen LogP contribution in [0.5, 0.6) is 0 Å². The summed E-state index contributed by atoms with van der Waals surface area (Å²) >= 11 is 0. The van der Waals surface area contributed by atoms with E-state index in [4.69, 9.17) is 4.74 Å². The molecular weight excluding hydrogens is 561 g/mol. The lowest BCUT2D eigenvalue weighted by molar-refractivity contribution is -0.283. The maximum absolute atomic E-state index is 13.9. The third kappa shape index (κ3) is 7.30. The van der Waals surface area contributed by atoms with E-state index in [2.05, 4.69) is 5.32 Å². The van der Waals surface area contributed by atoms with Gasteiger partial charge in [0, 0.05) is 25.1 Å². The highest BCUT2D eigenvalue weighted by molar-refractivity contribution is 6.07. The average molecular weight is 590 g/mol. The number of halogens is 5. The number of alkyl halides is 5. The Kier molecular flexibility index (Phi) is 9.56.